The lowest BCUT2D eigenvalue weighted by molar-refractivity contribution is 0.100. The standard InChI is InChI=1S/C16H19N3O/c1-18(2)16(19(3)4)17-15(20)14-11-7-9-12-8-5-6-10-13(12)14/h5-11H,1-4H3. The maximum Gasteiger partial charge on any atom is 0.280 e. The minimum Gasteiger partial charge on any atom is -0.349 e. The molecular weight excluding hydrogens is 250 g/mol. The molecule has 0 saturated carbocycles. The number of rotatable bonds is 1. The molecule has 0 N–H and O–H groups in total. The molecule has 1 amide bonds. The second-order valence-electron chi connectivity index (χ2n) is 5.03. The van der Waals surface area contributed by atoms with Crippen LogP contribution in [0.25, 0.3) is 10.8 Å². The van der Waals surface area contributed by atoms with E-state index in [1.807, 2.05) is 80.5 Å². The Hall–Kier alpha value is -2.36. The fraction of sp³-hybridized carbons (Fsp3) is 0.250. The maximum atomic E-state index is 12.4. The predicted octanol–water partition coefficient (Wildman–Crippen LogP) is 2.46. The first-order valence-corrected chi connectivity index (χ1v) is 6.46. The van der Waals surface area contributed by atoms with Crippen LogP contribution in [0.5, 0.6) is 0 Å². The number of nitrogens with zero attached hydrogens (tertiary/aromatic N) is 3. The molecule has 4 heteroatoms. The van der Waals surface area contributed by atoms with Crippen molar-refractivity contribution >= 4 is 22.6 Å². The fourth-order valence-electron chi connectivity index (χ4n) is 2.16. The molecule has 0 aliphatic carbocycles. The molecule has 2 aromatic carbocycles. The molecule has 2 rings (SSSR count). The van der Waals surface area contributed by atoms with Gasteiger partial charge in [0.05, 0.1) is 0 Å². The van der Waals surface area contributed by atoms with Crippen LogP contribution in [0.15, 0.2) is 47.5 Å². The van der Waals surface area contributed by atoms with E-state index in [0.29, 0.717) is 11.5 Å². The molecule has 0 bridgehead atoms. The highest BCUT2D eigenvalue weighted by Crippen LogP contribution is 2.19. The molecule has 0 aliphatic rings. The summed E-state index contributed by atoms with van der Waals surface area (Å²) in [7, 11) is 7.48. The molecule has 0 spiro atoms. The zero-order valence-electron chi connectivity index (χ0n) is 12.3. The topological polar surface area (TPSA) is 35.9 Å². The van der Waals surface area contributed by atoms with Crippen LogP contribution in [0.3, 0.4) is 0 Å². The van der Waals surface area contributed by atoms with E-state index in [-0.39, 0.29) is 5.91 Å². The summed E-state index contributed by atoms with van der Waals surface area (Å²) in [5.41, 5.74) is 0.629. The summed E-state index contributed by atoms with van der Waals surface area (Å²) in [4.78, 5) is 20.3. The Labute approximate surface area is 119 Å². The smallest absolute Gasteiger partial charge is 0.280 e. The number of carbonyl (C=O) groups is 1. The molecule has 4 nitrogen and oxygen atoms in total. The average Bonchev–Trinajstić information content (AvgIpc) is 2.43. The van der Waals surface area contributed by atoms with Crippen molar-refractivity contribution in [3.63, 3.8) is 0 Å². The van der Waals surface area contributed by atoms with Gasteiger partial charge in [0.1, 0.15) is 0 Å². The summed E-state index contributed by atoms with van der Waals surface area (Å²) in [5, 5.41) is 1.98. The van der Waals surface area contributed by atoms with E-state index >= 15 is 0 Å². The summed E-state index contributed by atoms with van der Waals surface area (Å²) in [6.45, 7) is 0. The highest BCUT2D eigenvalue weighted by atomic mass is 16.1. The van der Waals surface area contributed by atoms with Gasteiger partial charge in [0.15, 0.2) is 0 Å². The third kappa shape index (κ3) is 2.79. The van der Waals surface area contributed by atoms with Crippen LogP contribution in [0.1, 0.15) is 10.4 Å². The second kappa shape index (κ2) is 5.74. The molecule has 0 heterocycles. The zero-order chi connectivity index (χ0) is 14.7. The van der Waals surface area contributed by atoms with Crippen molar-refractivity contribution in [2.75, 3.05) is 28.2 Å². The van der Waals surface area contributed by atoms with E-state index in [4.69, 9.17) is 0 Å². The van der Waals surface area contributed by atoms with E-state index in [9.17, 15) is 4.79 Å². The lowest BCUT2D eigenvalue weighted by Crippen LogP contribution is -2.36. The number of amides is 1. The largest absolute Gasteiger partial charge is 0.349 e. The van der Waals surface area contributed by atoms with Crippen molar-refractivity contribution in [2.24, 2.45) is 4.99 Å². The van der Waals surface area contributed by atoms with Gasteiger partial charge in [0.25, 0.3) is 5.91 Å². The average molecular weight is 269 g/mol. The van der Waals surface area contributed by atoms with Gasteiger partial charge >= 0.3 is 0 Å². The van der Waals surface area contributed by atoms with Crippen LogP contribution in [0, 0.1) is 0 Å². The molecule has 0 aromatic heterocycles. The zero-order valence-corrected chi connectivity index (χ0v) is 12.3. The molecule has 2 aromatic rings. The predicted molar refractivity (Wildman–Crippen MR) is 83.1 cm³/mol. The molecule has 0 fully saturated rings. The summed E-state index contributed by atoms with van der Waals surface area (Å²) >= 11 is 0. The van der Waals surface area contributed by atoms with Crippen LogP contribution in [0.2, 0.25) is 0 Å². The molecule has 0 atom stereocenters. The van der Waals surface area contributed by atoms with Crippen molar-refractivity contribution in [3.8, 4) is 0 Å². The summed E-state index contributed by atoms with van der Waals surface area (Å²) in [6.07, 6.45) is 0. The number of guanidine groups is 1. The summed E-state index contributed by atoms with van der Waals surface area (Å²) in [5.74, 6) is 0.405. The number of carbonyl (C=O) groups excluding carboxylic acids is 1. The Kier molecular flexibility index (Phi) is 4.03. The molecule has 20 heavy (non-hydrogen) atoms. The van der Waals surface area contributed by atoms with Gasteiger partial charge in [0, 0.05) is 33.8 Å². The number of hydrogen-bond acceptors (Lipinski definition) is 1. The fourth-order valence-corrected chi connectivity index (χ4v) is 2.16. The van der Waals surface area contributed by atoms with Gasteiger partial charge in [-0.3, -0.25) is 4.79 Å². The van der Waals surface area contributed by atoms with Gasteiger partial charge < -0.3 is 9.80 Å². The second-order valence-corrected chi connectivity index (χ2v) is 5.03. The number of hydrogen-bond donors (Lipinski definition) is 0. The quantitative estimate of drug-likeness (QED) is 0.589. The number of benzene rings is 2. The van der Waals surface area contributed by atoms with Gasteiger partial charge in [0.2, 0.25) is 5.96 Å². The van der Waals surface area contributed by atoms with Crippen molar-refractivity contribution in [1.29, 1.82) is 0 Å². The van der Waals surface area contributed by atoms with Crippen molar-refractivity contribution in [1.82, 2.24) is 9.80 Å². The van der Waals surface area contributed by atoms with Gasteiger partial charge in [-0.1, -0.05) is 36.4 Å². The highest BCUT2D eigenvalue weighted by molar-refractivity contribution is 6.10. The first-order chi connectivity index (χ1) is 9.50. The Balaban J connectivity index is 2.49. The number of fused-ring (bicyclic) bond motifs is 1. The van der Waals surface area contributed by atoms with Gasteiger partial charge in [-0.2, -0.15) is 4.99 Å². The van der Waals surface area contributed by atoms with Crippen molar-refractivity contribution in [3.05, 3.63) is 48.0 Å². The highest BCUT2D eigenvalue weighted by Gasteiger charge is 2.12. The summed E-state index contributed by atoms with van der Waals surface area (Å²) in [6, 6.07) is 13.5. The van der Waals surface area contributed by atoms with Crippen LogP contribution in [0.4, 0.5) is 0 Å². The molecule has 0 saturated heterocycles. The third-order valence-electron chi connectivity index (χ3n) is 3.02. The van der Waals surface area contributed by atoms with Gasteiger partial charge in [-0.15, -0.1) is 0 Å². The van der Waals surface area contributed by atoms with Crippen LogP contribution in [-0.2, 0) is 0 Å². The number of aliphatic imine (C=N–C) groups is 1. The Morgan fingerprint density at radius 1 is 0.900 bits per heavy atom. The first kappa shape index (κ1) is 14.1. The normalized spacial score (nSPS) is 10.2. The Morgan fingerprint density at radius 2 is 1.50 bits per heavy atom. The van der Waals surface area contributed by atoms with E-state index < -0.39 is 0 Å². The van der Waals surface area contributed by atoms with E-state index in [1.54, 1.807) is 0 Å². The Bertz CT molecular complexity index is 644. The van der Waals surface area contributed by atoms with E-state index in [0.717, 1.165) is 10.8 Å². The van der Waals surface area contributed by atoms with E-state index in [2.05, 4.69) is 4.99 Å². The molecule has 0 radical (unpaired) electrons. The monoisotopic (exact) mass is 269 g/mol. The minimum atomic E-state index is -0.223. The molecule has 104 valence electrons. The van der Waals surface area contributed by atoms with Crippen LogP contribution in [-0.4, -0.2) is 49.9 Å². The molecule has 0 unspecified atom stereocenters. The SMILES string of the molecule is CN(C)C(=NC(=O)c1cccc2ccccc12)N(C)C. The van der Waals surface area contributed by atoms with Gasteiger partial charge in [-0.05, 0) is 16.8 Å². The molecule has 0 aliphatic heterocycles. The lowest BCUT2D eigenvalue weighted by Gasteiger charge is -2.22. The van der Waals surface area contributed by atoms with E-state index in [1.165, 1.54) is 0 Å². The van der Waals surface area contributed by atoms with Gasteiger partial charge in [-0.25, -0.2) is 0 Å². The maximum absolute atomic E-state index is 12.4. The molecular formula is C16H19N3O. The minimum absolute atomic E-state index is 0.223. The summed E-state index contributed by atoms with van der Waals surface area (Å²) < 4.78 is 0. The van der Waals surface area contributed by atoms with Crippen molar-refractivity contribution in [2.45, 2.75) is 0 Å². The van der Waals surface area contributed by atoms with Crippen molar-refractivity contribution < 1.29 is 4.79 Å². The first-order valence-electron chi connectivity index (χ1n) is 6.46. The van der Waals surface area contributed by atoms with Crippen LogP contribution >= 0.6 is 0 Å². The lowest BCUT2D eigenvalue weighted by atomic mass is 10.0. The Morgan fingerprint density at radius 3 is 2.15 bits per heavy atom. The third-order valence-corrected chi connectivity index (χ3v) is 3.02. The van der Waals surface area contributed by atoms with Crippen LogP contribution < -0.4 is 0 Å².